The van der Waals surface area contributed by atoms with E-state index in [0.717, 1.165) is 22.0 Å². The molecule has 0 saturated carbocycles. The zero-order valence-corrected chi connectivity index (χ0v) is 19.4. The first-order valence-electron chi connectivity index (χ1n) is 10.0. The molecule has 0 saturated heterocycles. The summed E-state index contributed by atoms with van der Waals surface area (Å²) in [4.78, 5) is 5.54. The molecule has 0 spiro atoms. The van der Waals surface area contributed by atoms with E-state index >= 15 is 0 Å². The molecule has 1 heterocycles. The van der Waals surface area contributed by atoms with Gasteiger partial charge in [0, 0.05) is 15.4 Å². The summed E-state index contributed by atoms with van der Waals surface area (Å²) in [5, 5.41) is 0. The molecule has 0 atom stereocenters. The molecule has 0 fully saturated rings. The standard InChI is InChI=1S/C24H20F3NO3S2/c1-3-32-22-12-16(29-2)9-8-15(22)14-30-20-7-5-4-6-18(20)23-28-19-13-17(33-24(25,26)27)10-11-21(19)31-23/h4-13H,3,14H2,1-2H3. The van der Waals surface area contributed by atoms with E-state index in [0.29, 0.717) is 29.0 Å². The second-order valence-electron chi connectivity index (χ2n) is 6.89. The predicted octanol–water partition coefficient (Wildman–Crippen LogP) is 7.81. The number of halogens is 3. The summed E-state index contributed by atoms with van der Waals surface area (Å²) in [5.74, 6) is 2.54. The van der Waals surface area contributed by atoms with Crippen molar-refractivity contribution >= 4 is 34.6 Å². The van der Waals surface area contributed by atoms with Crippen molar-refractivity contribution < 1.29 is 27.1 Å². The summed E-state index contributed by atoms with van der Waals surface area (Å²) in [6, 6.07) is 17.4. The molecule has 0 unspecified atom stereocenters. The first kappa shape index (κ1) is 23.4. The Labute approximate surface area is 197 Å². The summed E-state index contributed by atoms with van der Waals surface area (Å²) >= 11 is 1.52. The smallest absolute Gasteiger partial charge is 0.446 e. The van der Waals surface area contributed by atoms with Gasteiger partial charge in [0.2, 0.25) is 5.89 Å². The van der Waals surface area contributed by atoms with E-state index in [1.807, 2.05) is 36.4 Å². The van der Waals surface area contributed by atoms with E-state index < -0.39 is 5.51 Å². The Bertz CT molecular complexity index is 1260. The first-order valence-corrected chi connectivity index (χ1v) is 11.8. The second-order valence-corrected chi connectivity index (χ2v) is 9.33. The number of oxazole rings is 1. The van der Waals surface area contributed by atoms with Crippen LogP contribution in [-0.4, -0.2) is 23.4 Å². The Hall–Kier alpha value is -2.78. The first-order chi connectivity index (χ1) is 15.9. The van der Waals surface area contributed by atoms with Crippen molar-refractivity contribution in [2.45, 2.75) is 28.8 Å². The molecule has 9 heteroatoms. The molecule has 3 aromatic carbocycles. The van der Waals surface area contributed by atoms with Gasteiger partial charge in [0.05, 0.1) is 12.7 Å². The van der Waals surface area contributed by atoms with E-state index in [1.165, 1.54) is 18.2 Å². The van der Waals surface area contributed by atoms with Crippen LogP contribution in [0.3, 0.4) is 0 Å². The van der Waals surface area contributed by atoms with Gasteiger partial charge < -0.3 is 13.9 Å². The Morgan fingerprint density at radius 2 is 1.85 bits per heavy atom. The minimum Gasteiger partial charge on any atom is -0.497 e. The highest BCUT2D eigenvalue weighted by molar-refractivity contribution is 8.00. The number of hydrogen-bond acceptors (Lipinski definition) is 6. The fourth-order valence-corrected chi connectivity index (χ4v) is 4.61. The Balaban J connectivity index is 1.60. The topological polar surface area (TPSA) is 44.5 Å². The van der Waals surface area contributed by atoms with Crippen LogP contribution in [0.4, 0.5) is 13.2 Å². The van der Waals surface area contributed by atoms with Gasteiger partial charge in [-0.3, -0.25) is 0 Å². The average Bonchev–Trinajstić information content (AvgIpc) is 3.20. The number of benzene rings is 3. The highest BCUT2D eigenvalue weighted by atomic mass is 32.2. The number of methoxy groups -OCH3 is 1. The maximum atomic E-state index is 12.7. The van der Waals surface area contributed by atoms with Gasteiger partial charge in [-0.25, -0.2) is 4.98 Å². The Kier molecular flexibility index (Phi) is 7.09. The summed E-state index contributed by atoms with van der Waals surface area (Å²) in [6.45, 7) is 2.41. The van der Waals surface area contributed by atoms with Gasteiger partial charge in [-0.05, 0) is 60.0 Å². The maximum Gasteiger partial charge on any atom is 0.446 e. The van der Waals surface area contributed by atoms with Crippen LogP contribution in [-0.2, 0) is 6.61 Å². The number of para-hydroxylation sites is 1. The molecule has 0 aliphatic rings. The summed E-state index contributed by atoms with van der Waals surface area (Å²) < 4.78 is 55.4. The molecular weight excluding hydrogens is 471 g/mol. The quantitative estimate of drug-likeness (QED) is 0.234. The van der Waals surface area contributed by atoms with Crippen LogP contribution < -0.4 is 9.47 Å². The SMILES string of the molecule is CCSc1cc(OC)ccc1COc1ccccc1-c1nc2cc(SC(F)(F)F)ccc2o1. The van der Waals surface area contributed by atoms with Crippen LogP contribution in [0.15, 0.2) is 74.9 Å². The number of nitrogens with zero attached hydrogens (tertiary/aromatic N) is 1. The van der Waals surface area contributed by atoms with Crippen molar-refractivity contribution in [3.05, 3.63) is 66.2 Å². The van der Waals surface area contributed by atoms with Crippen molar-refractivity contribution in [2.24, 2.45) is 0 Å². The zero-order valence-electron chi connectivity index (χ0n) is 17.8. The van der Waals surface area contributed by atoms with E-state index in [1.54, 1.807) is 24.9 Å². The van der Waals surface area contributed by atoms with Crippen LogP contribution in [0.25, 0.3) is 22.6 Å². The van der Waals surface area contributed by atoms with Crippen molar-refractivity contribution in [2.75, 3.05) is 12.9 Å². The molecule has 4 rings (SSSR count). The molecular formula is C24H20F3NO3S2. The number of alkyl halides is 3. The second kappa shape index (κ2) is 10.0. The molecule has 4 nitrogen and oxygen atoms in total. The molecule has 0 aliphatic heterocycles. The number of fused-ring (bicyclic) bond motifs is 1. The Morgan fingerprint density at radius 3 is 2.61 bits per heavy atom. The van der Waals surface area contributed by atoms with E-state index in [-0.39, 0.29) is 22.5 Å². The van der Waals surface area contributed by atoms with Crippen molar-refractivity contribution in [3.63, 3.8) is 0 Å². The van der Waals surface area contributed by atoms with Gasteiger partial charge in [-0.15, -0.1) is 11.8 Å². The average molecular weight is 492 g/mol. The summed E-state index contributed by atoms with van der Waals surface area (Å²) in [6.07, 6.45) is 0. The van der Waals surface area contributed by atoms with E-state index in [4.69, 9.17) is 13.9 Å². The molecule has 0 aliphatic carbocycles. The van der Waals surface area contributed by atoms with Crippen molar-refractivity contribution in [1.82, 2.24) is 4.98 Å². The zero-order chi connectivity index (χ0) is 23.4. The summed E-state index contributed by atoms with van der Waals surface area (Å²) in [5.41, 5.74) is -1.97. The third-order valence-electron chi connectivity index (χ3n) is 4.67. The van der Waals surface area contributed by atoms with Crippen molar-refractivity contribution in [3.8, 4) is 23.0 Å². The molecule has 172 valence electrons. The minimum absolute atomic E-state index is 0.0554. The lowest BCUT2D eigenvalue weighted by Gasteiger charge is -2.13. The van der Waals surface area contributed by atoms with Gasteiger partial charge in [0.25, 0.3) is 0 Å². The van der Waals surface area contributed by atoms with Crippen LogP contribution in [0.1, 0.15) is 12.5 Å². The van der Waals surface area contributed by atoms with Crippen molar-refractivity contribution in [1.29, 1.82) is 0 Å². The molecule has 1 aromatic heterocycles. The fraction of sp³-hybridized carbons (Fsp3) is 0.208. The highest BCUT2D eigenvalue weighted by Crippen LogP contribution is 2.39. The lowest BCUT2D eigenvalue weighted by Crippen LogP contribution is -1.99. The van der Waals surface area contributed by atoms with Crippen LogP contribution >= 0.6 is 23.5 Å². The largest absolute Gasteiger partial charge is 0.497 e. The minimum atomic E-state index is -4.36. The molecule has 33 heavy (non-hydrogen) atoms. The maximum absolute atomic E-state index is 12.7. The predicted molar refractivity (Wildman–Crippen MR) is 125 cm³/mol. The third-order valence-corrected chi connectivity index (χ3v) is 6.37. The third kappa shape index (κ3) is 5.78. The molecule has 0 amide bonds. The van der Waals surface area contributed by atoms with Gasteiger partial charge >= 0.3 is 5.51 Å². The number of aromatic nitrogens is 1. The van der Waals surface area contributed by atoms with E-state index in [9.17, 15) is 13.2 Å². The molecule has 0 radical (unpaired) electrons. The molecule has 0 N–H and O–H groups in total. The number of thioether (sulfide) groups is 2. The number of rotatable bonds is 8. The molecule has 0 bridgehead atoms. The lowest BCUT2D eigenvalue weighted by molar-refractivity contribution is -0.0328. The Morgan fingerprint density at radius 1 is 1.03 bits per heavy atom. The van der Waals surface area contributed by atoms with Crippen LogP contribution in [0.5, 0.6) is 11.5 Å². The lowest BCUT2D eigenvalue weighted by atomic mass is 10.2. The fourth-order valence-electron chi connectivity index (χ4n) is 3.22. The monoisotopic (exact) mass is 491 g/mol. The summed E-state index contributed by atoms with van der Waals surface area (Å²) in [7, 11) is 1.63. The van der Waals surface area contributed by atoms with Gasteiger partial charge in [0.15, 0.2) is 5.58 Å². The highest BCUT2D eigenvalue weighted by Gasteiger charge is 2.29. The number of ether oxygens (including phenoxy) is 2. The van der Waals surface area contributed by atoms with Gasteiger partial charge in [-0.1, -0.05) is 25.1 Å². The normalized spacial score (nSPS) is 11.7. The van der Waals surface area contributed by atoms with Crippen LogP contribution in [0.2, 0.25) is 0 Å². The molecule has 4 aromatic rings. The van der Waals surface area contributed by atoms with Gasteiger partial charge in [0.1, 0.15) is 23.6 Å². The number of hydrogen-bond donors (Lipinski definition) is 0. The van der Waals surface area contributed by atoms with Crippen LogP contribution in [0, 0.1) is 0 Å². The van der Waals surface area contributed by atoms with Gasteiger partial charge in [-0.2, -0.15) is 13.2 Å². The van der Waals surface area contributed by atoms with E-state index in [2.05, 4.69) is 11.9 Å².